The smallest absolute Gasteiger partial charge is 0.119 e. The van der Waals surface area contributed by atoms with E-state index in [4.69, 9.17) is 9.47 Å². The first-order valence-corrected chi connectivity index (χ1v) is 7.13. The highest BCUT2D eigenvalue weighted by Gasteiger charge is 2.09. The topological polar surface area (TPSA) is 30.5 Å². The normalized spacial score (nSPS) is 14.1. The van der Waals surface area contributed by atoms with Gasteiger partial charge in [0.05, 0.1) is 12.7 Å². The van der Waals surface area contributed by atoms with E-state index in [1.807, 2.05) is 12.1 Å². The second-order valence-electron chi connectivity index (χ2n) is 5.01. The lowest BCUT2D eigenvalue weighted by Gasteiger charge is -2.19. The highest BCUT2D eigenvalue weighted by atomic mass is 16.5. The Labute approximate surface area is 117 Å². The Hall–Kier alpha value is -1.06. The van der Waals surface area contributed by atoms with E-state index in [0.29, 0.717) is 6.04 Å². The molecule has 108 valence electrons. The minimum atomic E-state index is 0.221. The summed E-state index contributed by atoms with van der Waals surface area (Å²) in [6, 6.07) is 8.78. The first-order valence-electron chi connectivity index (χ1n) is 7.13. The second kappa shape index (κ2) is 8.94. The molecule has 19 heavy (non-hydrogen) atoms. The van der Waals surface area contributed by atoms with Crippen LogP contribution in [0.3, 0.4) is 0 Å². The van der Waals surface area contributed by atoms with Crippen LogP contribution in [0.4, 0.5) is 0 Å². The molecule has 1 aromatic rings. The molecule has 1 N–H and O–H groups in total. The lowest BCUT2D eigenvalue weighted by atomic mass is 10.1. The molecule has 2 atom stereocenters. The van der Waals surface area contributed by atoms with Crippen molar-refractivity contribution < 1.29 is 9.47 Å². The van der Waals surface area contributed by atoms with Crippen LogP contribution >= 0.6 is 0 Å². The van der Waals surface area contributed by atoms with E-state index in [-0.39, 0.29) is 6.10 Å². The molecule has 2 unspecified atom stereocenters. The van der Waals surface area contributed by atoms with Gasteiger partial charge in [0.15, 0.2) is 0 Å². The molecule has 0 aliphatic heterocycles. The van der Waals surface area contributed by atoms with Gasteiger partial charge in [-0.15, -0.1) is 0 Å². The fourth-order valence-corrected chi connectivity index (χ4v) is 2.16. The maximum absolute atomic E-state index is 5.92. The van der Waals surface area contributed by atoms with Gasteiger partial charge >= 0.3 is 0 Å². The van der Waals surface area contributed by atoms with Crippen molar-refractivity contribution >= 4 is 0 Å². The molecule has 1 aromatic carbocycles. The number of hydrogen-bond acceptors (Lipinski definition) is 3. The molecule has 0 aliphatic carbocycles. The molecule has 0 fully saturated rings. The van der Waals surface area contributed by atoms with Crippen LogP contribution in [0.25, 0.3) is 0 Å². The van der Waals surface area contributed by atoms with Crippen molar-refractivity contribution in [2.75, 3.05) is 20.3 Å². The van der Waals surface area contributed by atoms with Crippen LogP contribution in [0.1, 0.15) is 32.8 Å². The first-order chi connectivity index (χ1) is 9.15. The first kappa shape index (κ1) is 16.0. The quantitative estimate of drug-likeness (QED) is 0.744. The van der Waals surface area contributed by atoms with E-state index >= 15 is 0 Å². The molecule has 0 saturated heterocycles. The molecule has 0 amide bonds. The van der Waals surface area contributed by atoms with Crippen LogP contribution < -0.4 is 10.1 Å². The van der Waals surface area contributed by atoms with Crippen LogP contribution in [0.5, 0.6) is 5.75 Å². The number of methoxy groups -OCH3 is 1. The average molecular weight is 265 g/mol. The van der Waals surface area contributed by atoms with Crippen LogP contribution in [-0.2, 0) is 11.2 Å². The van der Waals surface area contributed by atoms with E-state index < -0.39 is 0 Å². The molecule has 3 nitrogen and oxygen atoms in total. The number of nitrogens with one attached hydrogen (secondary N) is 1. The Morgan fingerprint density at radius 1 is 1.16 bits per heavy atom. The van der Waals surface area contributed by atoms with E-state index in [1.165, 1.54) is 5.56 Å². The maximum Gasteiger partial charge on any atom is 0.119 e. The van der Waals surface area contributed by atoms with Crippen molar-refractivity contribution in [3.63, 3.8) is 0 Å². The van der Waals surface area contributed by atoms with Crippen molar-refractivity contribution in [1.29, 1.82) is 0 Å². The van der Waals surface area contributed by atoms with Gasteiger partial charge in [0.2, 0.25) is 0 Å². The highest BCUT2D eigenvalue weighted by Crippen LogP contribution is 2.16. The number of rotatable bonds is 9. The van der Waals surface area contributed by atoms with Gasteiger partial charge in [0, 0.05) is 13.2 Å². The molecule has 0 aromatic heterocycles. The highest BCUT2D eigenvalue weighted by molar-refractivity contribution is 5.27. The second-order valence-corrected chi connectivity index (χ2v) is 5.01. The largest absolute Gasteiger partial charge is 0.491 e. The summed E-state index contributed by atoms with van der Waals surface area (Å²) in [5.41, 5.74) is 1.28. The molecule has 3 heteroatoms. The van der Waals surface area contributed by atoms with Crippen molar-refractivity contribution in [3.05, 3.63) is 29.8 Å². The molecule has 0 radical (unpaired) electrons. The van der Waals surface area contributed by atoms with Crippen molar-refractivity contribution in [3.8, 4) is 5.75 Å². The Bertz CT molecular complexity index is 337. The summed E-state index contributed by atoms with van der Waals surface area (Å²) in [5, 5.41) is 3.40. The van der Waals surface area contributed by atoms with Gasteiger partial charge in [-0.1, -0.05) is 19.1 Å². The summed E-state index contributed by atoms with van der Waals surface area (Å²) in [7, 11) is 1.73. The van der Waals surface area contributed by atoms with Crippen LogP contribution in [0, 0.1) is 0 Å². The molecule has 0 bridgehead atoms. The van der Waals surface area contributed by atoms with Gasteiger partial charge in [-0.25, -0.2) is 0 Å². The molecular weight excluding hydrogens is 238 g/mol. The Kier molecular flexibility index (Phi) is 7.53. The van der Waals surface area contributed by atoms with Crippen LogP contribution in [0.2, 0.25) is 0 Å². The van der Waals surface area contributed by atoms with Gasteiger partial charge in [-0.05, 0) is 50.9 Å². The summed E-state index contributed by atoms with van der Waals surface area (Å²) in [6.45, 7) is 8.20. The number of benzene rings is 1. The van der Waals surface area contributed by atoms with Gasteiger partial charge < -0.3 is 14.8 Å². The summed E-state index contributed by atoms with van der Waals surface area (Å²) in [4.78, 5) is 0. The van der Waals surface area contributed by atoms with Crippen LogP contribution in [0.15, 0.2) is 24.3 Å². The van der Waals surface area contributed by atoms with Gasteiger partial charge in [-0.3, -0.25) is 0 Å². The predicted molar refractivity (Wildman–Crippen MR) is 79.9 cm³/mol. The zero-order valence-corrected chi connectivity index (χ0v) is 12.6. The van der Waals surface area contributed by atoms with Gasteiger partial charge in [0.1, 0.15) is 5.75 Å². The molecule has 0 spiro atoms. The Morgan fingerprint density at radius 3 is 2.42 bits per heavy atom. The molecule has 0 heterocycles. The molecule has 0 saturated carbocycles. The minimum Gasteiger partial charge on any atom is -0.491 e. The molecule has 0 aliphatic rings. The Balaban J connectivity index is 2.39. The standard InChI is InChI=1S/C16H27NO2/c1-5-17-13(2)12-14(3)19-16-8-6-15(7-9-16)10-11-18-4/h6-9,13-14,17H,5,10-12H2,1-4H3. The average Bonchev–Trinajstić information content (AvgIpc) is 2.38. The Morgan fingerprint density at radius 2 is 1.84 bits per heavy atom. The summed E-state index contributed by atoms with van der Waals surface area (Å²) in [6.07, 6.45) is 2.18. The third kappa shape index (κ3) is 6.60. The fraction of sp³-hybridized carbons (Fsp3) is 0.625. The van der Waals surface area contributed by atoms with E-state index in [0.717, 1.165) is 31.7 Å². The predicted octanol–water partition coefficient (Wildman–Crippen LogP) is 3.03. The monoisotopic (exact) mass is 265 g/mol. The van der Waals surface area contributed by atoms with E-state index in [2.05, 4.69) is 38.2 Å². The maximum atomic E-state index is 5.92. The summed E-state index contributed by atoms with van der Waals surface area (Å²) >= 11 is 0. The minimum absolute atomic E-state index is 0.221. The SMILES string of the molecule is CCNC(C)CC(C)Oc1ccc(CCOC)cc1. The van der Waals surface area contributed by atoms with Crippen LogP contribution in [-0.4, -0.2) is 32.4 Å². The zero-order chi connectivity index (χ0) is 14.1. The molecule has 1 rings (SSSR count). The van der Waals surface area contributed by atoms with Crippen molar-refractivity contribution in [2.24, 2.45) is 0 Å². The third-order valence-electron chi connectivity index (χ3n) is 3.09. The summed E-state index contributed by atoms with van der Waals surface area (Å²) in [5.74, 6) is 0.942. The zero-order valence-electron chi connectivity index (χ0n) is 12.6. The third-order valence-corrected chi connectivity index (χ3v) is 3.09. The van der Waals surface area contributed by atoms with Gasteiger partial charge in [-0.2, -0.15) is 0 Å². The van der Waals surface area contributed by atoms with Gasteiger partial charge in [0.25, 0.3) is 0 Å². The lowest BCUT2D eigenvalue weighted by Crippen LogP contribution is -2.30. The lowest BCUT2D eigenvalue weighted by molar-refractivity contribution is 0.196. The number of hydrogen-bond donors (Lipinski definition) is 1. The fourth-order valence-electron chi connectivity index (χ4n) is 2.16. The van der Waals surface area contributed by atoms with E-state index in [1.54, 1.807) is 7.11 Å². The van der Waals surface area contributed by atoms with Crippen molar-refractivity contribution in [1.82, 2.24) is 5.32 Å². The molecular formula is C16H27NO2. The summed E-state index contributed by atoms with van der Waals surface area (Å²) < 4.78 is 11.0. The van der Waals surface area contributed by atoms with E-state index in [9.17, 15) is 0 Å². The number of ether oxygens (including phenoxy) is 2. The van der Waals surface area contributed by atoms with Crippen molar-refractivity contribution in [2.45, 2.75) is 45.8 Å².